The first-order chi connectivity index (χ1) is 15.6. The fourth-order valence-corrected chi connectivity index (χ4v) is 4.48. The number of anilines is 1. The van der Waals surface area contributed by atoms with E-state index in [0.29, 0.717) is 0 Å². The second-order valence-electron chi connectivity index (χ2n) is 8.29. The van der Waals surface area contributed by atoms with Crippen molar-refractivity contribution >= 4 is 27.6 Å². The Morgan fingerprint density at radius 1 is 0.906 bits per heavy atom. The molecule has 5 rings (SSSR count). The van der Waals surface area contributed by atoms with E-state index < -0.39 is 0 Å². The largest absolute Gasteiger partial charge is 0.497 e. The van der Waals surface area contributed by atoms with Crippen molar-refractivity contribution < 1.29 is 4.74 Å². The highest BCUT2D eigenvalue weighted by molar-refractivity contribution is 5.86. The molecule has 4 nitrogen and oxygen atoms in total. The number of benzene rings is 3. The van der Waals surface area contributed by atoms with Gasteiger partial charge in [-0.3, -0.25) is 0 Å². The molecule has 0 spiro atoms. The molecule has 2 heterocycles. The van der Waals surface area contributed by atoms with Crippen LogP contribution in [0.25, 0.3) is 21.8 Å². The van der Waals surface area contributed by atoms with Gasteiger partial charge in [-0.2, -0.15) is 0 Å². The Kier molecular flexibility index (Phi) is 5.28. The minimum absolute atomic E-state index is 0.159. The first-order valence-electron chi connectivity index (χ1n) is 10.9. The Morgan fingerprint density at radius 3 is 2.50 bits per heavy atom. The van der Waals surface area contributed by atoms with Crippen molar-refractivity contribution in [1.82, 2.24) is 9.97 Å². The number of para-hydroxylation sites is 2. The lowest BCUT2D eigenvalue weighted by molar-refractivity contribution is 0.414. The van der Waals surface area contributed by atoms with E-state index in [0.717, 1.165) is 29.1 Å². The molecule has 3 aromatic carbocycles. The Labute approximate surface area is 188 Å². The van der Waals surface area contributed by atoms with Gasteiger partial charge in [-0.05, 0) is 60.4 Å². The van der Waals surface area contributed by atoms with E-state index in [2.05, 4.69) is 91.0 Å². The second-order valence-corrected chi connectivity index (χ2v) is 8.29. The number of ether oxygens (including phenoxy) is 1. The molecule has 2 N–H and O–H groups in total. The van der Waals surface area contributed by atoms with E-state index >= 15 is 0 Å². The summed E-state index contributed by atoms with van der Waals surface area (Å²) in [5.74, 6) is 1.93. The number of methoxy groups -OCH3 is 1. The summed E-state index contributed by atoms with van der Waals surface area (Å²) in [6, 6.07) is 25.3. The second kappa shape index (κ2) is 8.39. The van der Waals surface area contributed by atoms with Gasteiger partial charge in [0.2, 0.25) is 0 Å². The van der Waals surface area contributed by atoms with Crippen LogP contribution in [0.5, 0.6) is 5.75 Å². The number of H-pyrrole nitrogens is 1. The lowest BCUT2D eigenvalue weighted by atomic mass is 9.90. The third-order valence-corrected chi connectivity index (χ3v) is 6.25. The van der Waals surface area contributed by atoms with Crippen molar-refractivity contribution in [3.63, 3.8) is 0 Å². The number of nitrogens with zero attached hydrogens (tertiary/aromatic N) is 1. The van der Waals surface area contributed by atoms with E-state index in [-0.39, 0.29) is 5.92 Å². The number of aryl methyl sites for hydroxylation is 2. The van der Waals surface area contributed by atoms with Crippen LogP contribution in [0.15, 0.2) is 79.0 Å². The molecule has 0 saturated heterocycles. The number of hydrogen-bond donors (Lipinski definition) is 2. The highest BCUT2D eigenvalue weighted by atomic mass is 16.5. The van der Waals surface area contributed by atoms with Gasteiger partial charge < -0.3 is 15.0 Å². The van der Waals surface area contributed by atoms with E-state index in [1.807, 2.05) is 12.1 Å². The average Bonchev–Trinajstić information content (AvgIpc) is 3.24. The van der Waals surface area contributed by atoms with Crippen molar-refractivity contribution in [3.05, 3.63) is 101 Å². The van der Waals surface area contributed by atoms with Gasteiger partial charge in [-0.1, -0.05) is 48.5 Å². The molecule has 0 saturated carbocycles. The summed E-state index contributed by atoms with van der Waals surface area (Å²) < 4.78 is 5.37. The van der Waals surface area contributed by atoms with Crippen LogP contribution in [0.1, 0.15) is 28.2 Å². The van der Waals surface area contributed by atoms with Crippen LogP contribution in [0, 0.1) is 13.8 Å². The normalized spacial score (nSPS) is 12.2. The number of fused-ring (bicyclic) bond motifs is 2. The monoisotopic (exact) mass is 421 g/mol. The van der Waals surface area contributed by atoms with E-state index in [9.17, 15) is 0 Å². The van der Waals surface area contributed by atoms with Crippen LogP contribution in [0.4, 0.5) is 5.82 Å². The smallest absolute Gasteiger partial charge is 0.126 e. The van der Waals surface area contributed by atoms with Crippen molar-refractivity contribution in [3.8, 4) is 5.75 Å². The van der Waals surface area contributed by atoms with Crippen LogP contribution >= 0.6 is 0 Å². The van der Waals surface area contributed by atoms with E-state index in [1.165, 1.54) is 33.0 Å². The minimum Gasteiger partial charge on any atom is -0.497 e. The minimum atomic E-state index is 0.159. The van der Waals surface area contributed by atoms with Crippen molar-refractivity contribution in [1.29, 1.82) is 0 Å². The Hall–Kier alpha value is -3.79. The van der Waals surface area contributed by atoms with Gasteiger partial charge in [0, 0.05) is 34.9 Å². The third-order valence-electron chi connectivity index (χ3n) is 6.25. The zero-order valence-corrected chi connectivity index (χ0v) is 18.6. The highest BCUT2D eigenvalue weighted by Gasteiger charge is 2.19. The van der Waals surface area contributed by atoms with Gasteiger partial charge in [-0.15, -0.1) is 0 Å². The van der Waals surface area contributed by atoms with Gasteiger partial charge in [0.15, 0.2) is 0 Å². The molecule has 1 atom stereocenters. The Morgan fingerprint density at radius 2 is 1.69 bits per heavy atom. The predicted molar refractivity (Wildman–Crippen MR) is 133 cm³/mol. The maximum absolute atomic E-state index is 5.37. The van der Waals surface area contributed by atoms with Crippen LogP contribution < -0.4 is 10.1 Å². The lowest BCUT2D eigenvalue weighted by Gasteiger charge is -2.19. The van der Waals surface area contributed by atoms with Crippen LogP contribution in [0.2, 0.25) is 0 Å². The van der Waals surface area contributed by atoms with Crippen LogP contribution in [0.3, 0.4) is 0 Å². The molecule has 0 aliphatic heterocycles. The van der Waals surface area contributed by atoms with Crippen molar-refractivity contribution in [2.24, 2.45) is 0 Å². The number of rotatable bonds is 6. The maximum Gasteiger partial charge on any atom is 0.126 e. The molecule has 160 valence electrons. The van der Waals surface area contributed by atoms with Gasteiger partial charge in [0.25, 0.3) is 0 Å². The third kappa shape index (κ3) is 3.69. The number of aromatic amines is 1. The number of aromatic nitrogens is 2. The van der Waals surface area contributed by atoms with E-state index in [4.69, 9.17) is 9.72 Å². The summed E-state index contributed by atoms with van der Waals surface area (Å²) in [5, 5.41) is 6.08. The number of hydrogen-bond acceptors (Lipinski definition) is 3. The Balaban J connectivity index is 1.52. The molecule has 0 unspecified atom stereocenters. The van der Waals surface area contributed by atoms with Crippen molar-refractivity contribution in [2.45, 2.75) is 19.8 Å². The topological polar surface area (TPSA) is 49.9 Å². The summed E-state index contributed by atoms with van der Waals surface area (Å²) in [6.45, 7) is 5.00. The molecule has 0 bridgehead atoms. The summed E-state index contributed by atoms with van der Waals surface area (Å²) in [4.78, 5) is 8.37. The summed E-state index contributed by atoms with van der Waals surface area (Å²) in [7, 11) is 1.70. The maximum atomic E-state index is 5.37. The van der Waals surface area contributed by atoms with Gasteiger partial charge >= 0.3 is 0 Å². The zero-order chi connectivity index (χ0) is 22.1. The highest BCUT2D eigenvalue weighted by Crippen LogP contribution is 2.32. The quantitative estimate of drug-likeness (QED) is 0.325. The predicted octanol–water partition coefficient (Wildman–Crippen LogP) is 6.59. The van der Waals surface area contributed by atoms with Crippen molar-refractivity contribution in [2.75, 3.05) is 19.0 Å². The SMILES string of the molecule is COc1ccc([C@H](CNc2cc(C)c3cccc(C)c3n2)c2c[nH]c3ccccc23)cc1. The average molecular weight is 422 g/mol. The molecule has 0 aliphatic carbocycles. The summed E-state index contributed by atoms with van der Waals surface area (Å²) >= 11 is 0. The lowest BCUT2D eigenvalue weighted by Crippen LogP contribution is -2.15. The summed E-state index contributed by atoms with van der Waals surface area (Å²) in [5.41, 5.74) is 7.13. The zero-order valence-electron chi connectivity index (χ0n) is 18.6. The Bertz CT molecular complexity index is 1390. The number of nitrogens with one attached hydrogen (secondary N) is 2. The standard InChI is InChI=1S/C28H27N3O/c1-18-7-6-9-22-19(2)15-27(31-28(18)22)30-16-24(20-11-13-21(32-3)14-12-20)25-17-29-26-10-5-4-8-23(25)26/h4-15,17,24,29H,16H2,1-3H3,(H,30,31)/t24-/m0/s1. The molecular weight excluding hydrogens is 394 g/mol. The molecule has 2 aromatic heterocycles. The molecule has 0 amide bonds. The molecule has 32 heavy (non-hydrogen) atoms. The molecular formula is C28H27N3O. The summed E-state index contributed by atoms with van der Waals surface area (Å²) in [6.07, 6.45) is 2.13. The fraction of sp³-hybridized carbons (Fsp3) is 0.179. The molecule has 4 heteroatoms. The van der Waals surface area contributed by atoms with Crippen LogP contribution in [-0.2, 0) is 0 Å². The first-order valence-corrected chi connectivity index (χ1v) is 10.9. The number of pyridine rings is 1. The van der Waals surface area contributed by atoms with Gasteiger partial charge in [-0.25, -0.2) is 4.98 Å². The van der Waals surface area contributed by atoms with Gasteiger partial charge in [0.05, 0.1) is 12.6 Å². The molecule has 0 aliphatic rings. The van der Waals surface area contributed by atoms with E-state index in [1.54, 1.807) is 7.11 Å². The van der Waals surface area contributed by atoms with Gasteiger partial charge in [0.1, 0.15) is 11.6 Å². The molecule has 0 fully saturated rings. The van der Waals surface area contributed by atoms with Crippen LogP contribution in [-0.4, -0.2) is 23.6 Å². The fourth-order valence-electron chi connectivity index (χ4n) is 4.48. The molecule has 0 radical (unpaired) electrons. The molecule has 5 aromatic rings. The first kappa shape index (κ1) is 20.1.